The van der Waals surface area contributed by atoms with E-state index in [-0.39, 0.29) is 0 Å². The van der Waals surface area contributed by atoms with E-state index in [1.807, 2.05) is 11.3 Å². The summed E-state index contributed by atoms with van der Waals surface area (Å²) in [6.07, 6.45) is 0. The number of aryl methyl sites for hydroxylation is 2. The molecule has 0 aliphatic rings. The van der Waals surface area contributed by atoms with E-state index < -0.39 is 0 Å². The quantitative estimate of drug-likeness (QED) is 0.276. The standard InChI is InChI=1S/C26H19NS/c1-16-7-10-18(11-8-16)27-23-6-4-3-5-19(23)21-15-26-22(14-24(21)27)20-12-9-17(2)13-25(20)28-26/h3-15H,1-2H3. The zero-order chi connectivity index (χ0) is 18.8. The maximum absolute atomic E-state index is 2.40. The van der Waals surface area contributed by atoms with E-state index in [4.69, 9.17) is 0 Å². The Labute approximate surface area is 167 Å². The van der Waals surface area contributed by atoms with Crippen LogP contribution in [0, 0.1) is 13.8 Å². The van der Waals surface area contributed by atoms with Gasteiger partial charge in [-0.3, -0.25) is 0 Å². The van der Waals surface area contributed by atoms with Gasteiger partial charge in [-0.15, -0.1) is 11.3 Å². The highest BCUT2D eigenvalue weighted by Gasteiger charge is 2.15. The topological polar surface area (TPSA) is 4.93 Å². The summed E-state index contributed by atoms with van der Waals surface area (Å²) in [4.78, 5) is 0. The van der Waals surface area contributed by atoms with Crippen molar-refractivity contribution in [1.82, 2.24) is 4.57 Å². The molecule has 0 atom stereocenters. The van der Waals surface area contributed by atoms with Crippen LogP contribution in [0.25, 0.3) is 47.7 Å². The summed E-state index contributed by atoms with van der Waals surface area (Å²) >= 11 is 1.90. The molecule has 0 N–H and O–H groups in total. The van der Waals surface area contributed by atoms with Gasteiger partial charge in [0, 0.05) is 36.6 Å². The van der Waals surface area contributed by atoms with Crippen molar-refractivity contribution >= 4 is 53.3 Å². The maximum atomic E-state index is 2.40. The Balaban J connectivity index is 1.80. The lowest BCUT2D eigenvalue weighted by molar-refractivity contribution is 1.18. The van der Waals surface area contributed by atoms with E-state index in [0.29, 0.717) is 0 Å². The van der Waals surface area contributed by atoms with Gasteiger partial charge < -0.3 is 4.57 Å². The molecule has 4 aromatic carbocycles. The minimum Gasteiger partial charge on any atom is -0.309 e. The molecule has 1 nitrogen and oxygen atoms in total. The van der Waals surface area contributed by atoms with Crippen LogP contribution in [0.5, 0.6) is 0 Å². The van der Waals surface area contributed by atoms with Crippen molar-refractivity contribution in [3.8, 4) is 5.69 Å². The number of benzene rings is 4. The van der Waals surface area contributed by atoms with Gasteiger partial charge >= 0.3 is 0 Å². The van der Waals surface area contributed by atoms with Gasteiger partial charge in [-0.1, -0.05) is 48.0 Å². The summed E-state index contributed by atoms with van der Waals surface area (Å²) in [6.45, 7) is 4.30. The predicted octanol–water partition coefficient (Wildman–Crippen LogP) is 7.77. The molecule has 0 saturated heterocycles. The normalized spacial score (nSPS) is 11.9. The van der Waals surface area contributed by atoms with Crippen molar-refractivity contribution in [1.29, 1.82) is 0 Å². The Morgan fingerprint density at radius 2 is 1.32 bits per heavy atom. The summed E-state index contributed by atoms with van der Waals surface area (Å²) in [5.41, 5.74) is 6.35. The highest BCUT2D eigenvalue weighted by Crippen LogP contribution is 2.40. The molecule has 0 aliphatic heterocycles. The molecule has 28 heavy (non-hydrogen) atoms. The Hall–Kier alpha value is -3.10. The maximum Gasteiger partial charge on any atom is 0.0548 e. The van der Waals surface area contributed by atoms with E-state index in [9.17, 15) is 0 Å². The van der Waals surface area contributed by atoms with Gasteiger partial charge in [0.1, 0.15) is 0 Å². The third-order valence-corrected chi connectivity index (χ3v) is 6.83. The first kappa shape index (κ1) is 15.9. The number of hydrogen-bond donors (Lipinski definition) is 0. The van der Waals surface area contributed by atoms with Crippen molar-refractivity contribution < 1.29 is 0 Å². The number of nitrogens with zero attached hydrogens (tertiary/aromatic N) is 1. The first-order valence-electron chi connectivity index (χ1n) is 9.62. The minimum atomic E-state index is 1.21. The van der Waals surface area contributed by atoms with Gasteiger partial charge in [-0.2, -0.15) is 0 Å². The molecule has 6 rings (SSSR count). The van der Waals surface area contributed by atoms with Crippen molar-refractivity contribution in [3.05, 3.63) is 90.0 Å². The molecule has 0 bridgehead atoms. The Morgan fingerprint density at radius 3 is 2.18 bits per heavy atom. The molecule has 6 aromatic rings. The molecule has 0 radical (unpaired) electrons. The fraction of sp³-hybridized carbons (Fsp3) is 0.0769. The molecular weight excluding hydrogens is 358 g/mol. The van der Waals surface area contributed by atoms with Crippen LogP contribution >= 0.6 is 11.3 Å². The van der Waals surface area contributed by atoms with E-state index in [1.54, 1.807) is 0 Å². The molecule has 0 spiro atoms. The Morgan fingerprint density at radius 1 is 0.571 bits per heavy atom. The van der Waals surface area contributed by atoms with Gasteiger partial charge in [0.2, 0.25) is 0 Å². The average molecular weight is 378 g/mol. The fourth-order valence-corrected chi connectivity index (χ4v) is 5.54. The summed E-state index contributed by atoms with van der Waals surface area (Å²) in [7, 11) is 0. The number of hydrogen-bond acceptors (Lipinski definition) is 1. The van der Waals surface area contributed by atoms with Crippen LogP contribution in [0.4, 0.5) is 0 Å². The summed E-state index contributed by atoms with van der Waals surface area (Å²) in [5.74, 6) is 0. The number of thiophene rings is 1. The fourth-order valence-electron chi connectivity index (χ4n) is 4.32. The summed E-state index contributed by atoms with van der Waals surface area (Å²) in [5, 5.41) is 5.34. The van der Waals surface area contributed by atoms with Crippen LogP contribution in [0.3, 0.4) is 0 Å². The van der Waals surface area contributed by atoms with Gasteiger partial charge in [0.15, 0.2) is 0 Å². The third kappa shape index (κ3) is 2.18. The van der Waals surface area contributed by atoms with Gasteiger partial charge in [0.05, 0.1) is 11.0 Å². The van der Waals surface area contributed by atoms with E-state index in [2.05, 4.69) is 97.3 Å². The lowest BCUT2D eigenvalue weighted by Crippen LogP contribution is -1.93. The molecule has 0 unspecified atom stereocenters. The Kier molecular flexibility index (Phi) is 3.24. The molecule has 2 aromatic heterocycles. The van der Waals surface area contributed by atoms with Gasteiger partial charge in [-0.05, 0) is 55.8 Å². The highest BCUT2D eigenvalue weighted by atomic mass is 32.1. The molecule has 2 heterocycles. The number of aromatic nitrogens is 1. The molecule has 0 fully saturated rings. The van der Waals surface area contributed by atoms with Crippen LogP contribution in [0.2, 0.25) is 0 Å². The second-order valence-corrected chi connectivity index (χ2v) is 8.74. The molecule has 0 saturated carbocycles. The number of para-hydroxylation sites is 1. The van der Waals surface area contributed by atoms with Crippen LogP contribution in [-0.4, -0.2) is 4.57 Å². The van der Waals surface area contributed by atoms with E-state index in [1.165, 1.54) is 58.8 Å². The van der Waals surface area contributed by atoms with Gasteiger partial charge in [-0.25, -0.2) is 0 Å². The van der Waals surface area contributed by atoms with Crippen LogP contribution < -0.4 is 0 Å². The monoisotopic (exact) mass is 377 g/mol. The Bertz CT molecular complexity index is 1510. The predicted molar refractivity (Wildman–Crippen MR) is 123 cm³/mol. The SMILES string of the molecule is Cc1ccc(-n2c3ccccc3c3cc4sc5cc(C)ccc5c4cc32)cc1. The van der Waals surface area contributed by atoms with Crippen molar-refractivity contribution in [3.63, 3.8) is 0 Å². The summed E-state index contributed by atoms with van der Waals surface area (Å²) in [6, 6.07) is 29.1. The molecule has 0 amide bonds. The molecule has 134 valence electrons. The molecule has 2 heteroatoms. The average Bonchev–Trinajstić information content (AvgIpc) is 3.21. The van der Waals surface area contributed by atoms with Gasteiger partial charge in [0.25, 0.3) is 0 Å². The van der Waals surface area contributed by atoms with E-state index >= 15 is 0 Å². The zero-order valence-corrected chi connectivity index (χ0v) is 16.7. The van der Waals surface area contributed by atoms with Crippen LogP contribution in [-0.2, 0) is 0 Å². The molecule has 0 aliphatic carbocycles. The first-order chi connectivity index (χ1) is 13.7. The second-order valence-electron chi connectivity index (χ2n) is 7.66. The minimum absolute atomic E-state index is 1.21. The lowest BCUT2D eigenvalue weighted by Gasteiger charge is -2.08. The molecular formula is C26H19NS. The summed E-state index contributed by atoms with van der Waals surface area (Å²) < 4.78 is 5.13. The second kappa shape index (κ2) is 5.70. The van der Waals surface area contributed by atoms with Crippen LogP contribution in [0.1, 0.15) is 11.1 Å². The smallest absolute Gasteiger partial charge is 0.0548 e. The first-order valence-corrected chi connectivity index (χ1v) is 10.4. The zero-order valence-electron chi connectivity index (χ0n) is 15.9. The number of rotatable bonds is 1. The number of fused-ring (bicyclic) bond motifs is 6. The van der Waals surface area contributed by atoms with E-state index in [0.717, 1.165) is 0 Å². The lowest BCUT2D eigenvalue weighted by atomic mass is 10.1. The highest BCUT2D eigenvalue weighted by molar-refractivity contribution is 7.25. The van der Waals surface area contributed by atoms with Crippen molar-refractivity contribution in [2.75, 3.05) is 0 Å². The largest absolute Gasteiger partial charge is 0.309 e. The van der Waals surface area contributed by atoms with Crippen molar-refractivity contribution in [2.24, 2.45) is 0 Å². The van der Waals surface area contributed by atoms with Crippen molar-refractivity contribution in [2.45, 2.75) is 13.8 Å². The van der Waals surface area contributed by atoms with Crippen LogP contribution in [0.15, 0.2) is 78.9 Å². The third-order valence-electron chi connectivity index (χ3n) is 5.71.